The third-order valence-electron chi connectivity index (χ3n) is 3.62. The molecule has 2 N–H and O–H groups in total. The van der Waals surface area contributed by atoms with E-state index in [9.17, 15) is 4.79 Å². The second-order valence-corrected chi connectivity index (χ2v) is 4.87. The molecule has 0 radical (unpaired) electrons. The predicted octanol–water partition coefficient (Wildman–Crippen LogP) is 1.70. The van der Waals surface area contributed by atoms with E-state index in [1.54, 1.807) is 0 Å². The van der Waals surface area contributed by atoms with Gasteiger partial charge in [-0.05, 0) is 37.5 Å². The molecule has 92 valence electrons. The van der Waals surface area contributed by atoms with Crippen LogP contribution in [-0.2, 0) is 4.79 Å². The van der Waals surface area contributed by atoms with Crippen molar-refractivity contribution >= 4 is 5.91 Å². The molecule has 1 aromatic rings. The zero-order valence-electron chi connectivity index (χ0n) is 10.7. The van der Waals surface area contributed by atoms with Crippen LogP contribution < -0.4 is 10.6 Å². The molecular weight excluding hydrogens is 212 g/mol. The number of nitrogens with one attached hydrogen (secondary N) is 2. The van der Waals surface area contributed by atoms with Gasteiger partial charge in [-0.1, -0.05) is 18.2 Å². The molecule has 17 heavy (non-hydrogen) atoms. The van der Waals surface area contributed by atoms with Crippen molar-refractivity contribution in [1.82, 2.24) is 10.6 Å². The molecule has 1 atom stereocenters. The van der Waals surface area contributed by atoms with Gasteiger partial charge < -0.3 is 10.6 Å². The lowest BCUT2D eigenvalue weighted by molar-refractivity contribution is -0.127. The molecule has 0 saturated carbocycles. The normalized spacial score (nSPS) is 17.4. The Bertz CT molecular complexity index is 424. The average molecular weight is 232 g/mol. The summed E-state index contributed by atoms with van der Waals surface area (Å²) < 4.78 is 0. The minimum atomic E-state index is 0.0861. The number of amides is 1. The third kappa shape index (κ3) is 2.50. The minimum Gasteiger partial charge on any atom is -0.349 e. The second kappa shape index (κ2) is 4.88. The smallest absolute Gasteiger partial charge is 0.226 e. The molecule has 1 saturated heterocycles. The fraction of sp³-hybridized carbons (Fsp3) is 0.500. The van der Waals surface area contributed by atoms with Crippen LogP contribution in [0, 0.1) is 19.8 Å². The fourth-order valence-corrected chi connectivity index (χ4v) is 2.13. The summed E-state index contributed by atoms with van der Waals surface area (Å²) in [6.07, 6.45) is 0. The van der Waals surface area contributed by atoms with Crippen molar-refractivity contribution in [1.29, 1.82) is 0 Å². The van der Waals surface area contributed by atoms with Crippen LogP contribution >= 0.6 is 0 Å². The zero-order valence-corrected chi connectivity index (χ0v) is 10.7. The van der Waals surface area contributed by atoms with E-state index in [4.69, 9.17) is 0 Å². The molecule has 0 aromatic heterocycles. The van der Waals surface area contributed by atoms with Gasteiger partial charge in [-0.3, -0.25) is 4.79 Å². The SMILES string of the molecule is Cc1cccc(C(C)NC(=O)C2CNC2)c1C. The highest BCUT2D eigenvalue weighted by molar-refractivity contribution is 5.80. The highest BCUT2D eigenvalue weighted by atomic mass is 16.2. The number of aryl methyl sites for hydroxylation is 1. The van der Waals surface area contributed by atoms with E-state index in [2.05, 4.69) is 36.6 Å². The number of rotatable bonds is 3. The van der Waals surface area contributed by atoms with E-state index in [-0.39, 0.29) is 17.9 Å². The van der Waals surface area contributed by atoms with Crippen LogP contribution in [0.4, 0.5) is 0 Å². The lowest BCUT2D eigenvalue weighted by Gasteiger charge is -2.28. The molecule has 3 heteroatoms. The largest absolute Gasteiger partial charge is 0.349 e. The molecule has 1 amide bonds. The van der Waals surface area contributed by atoms with E-state index in [0.29, 0.717) is 0 Å². The second-order valence-electron chi connectivity index (χ2n) is 4.87. The van der Waals surface area contributed by atoms with Gasteiger partial charge in [0.05, 0.1) is 12.0 Å². The van der Waals surface area contributed by atoms with Crippen molar-refractivity contribution in [2.24, 2.45) is 5.92 Å². The highest BCUT2D eigenvalue weighted by Crippen LogP contribution is 2.20. The van der Waals surface area contributed by atoms with Crippen molar-refractivity contribution in [2.75, 3.05) is 13.1 Å². The molecule has 1 heterocycles. The summed E-state index contributed by atoms with van der Waals surface area (Å²) in [6, 6.07) is 6.32. The molecule has 1 aliphatic rings. The van der Waals surface area contributed by atoms with Crippen molar-refractivity contribution in [3.8, 4) is 0 Å². The fourth-order valence-electron chi connectivity index (χ4n) is 2.13. The van der Waals surface area contributed by atoms with Crippen LogP contribution in [0.2, 0.25) is 0 Å². The van der Waals surface area contributed by atoms with Crippen molar-refractivity contribution in [2.45, 2.75) is 26.8 Å². The monoisotopic (exact) mass is 232 g/mol. The van der Waals surface area contributed by atoms with Gasteiger partial charge in [0.25, 0.3) is 0 Å². The summed E-state index contributed by atoms with van der Waals surface area (Å²) in [5, 5.41) is 6.20. The van der Waals surface area contributed by atoms with Gasteiger partial charge in [-0.25, -0.2) is 0 Å². The van der Waals surface area contributed by atoms with Gasteiger partial charge in [0.1, 0.15) is 0 Å². The topological polar surface area (TPSA) is 41.1 Å². The van der Waals surface area contributed by atoms with Crippen LogP contribution in [0.25, 0.3) is 0 Å². The van der Waals surface area contributed by atoms with E-state index >= 15 is 0 Å². The Kier molecular flexibility index (Phi) is 3.48. The van der Waals surface area contributed by atoms with Gasteiger partial charge in [-0.15, -0.1) is 0 Å². The summed E-state index contributed by atoms with van der Waals surface area (Å²) in [5.41, 5.74) is 3.76. The van der Waals surface area contributed by atoms with Crippen molar-refractivity contribution in [3.05, 3.63) is 34.9 Å². The number of hydrogen-bond donors (Lipinski definition) is 2. The van der Waals surface area contributed by atoms with Gasteiger partial charge in [0, 0.05) is 13.1 Å². The number of carbonyl (C=O) groups excluding carboxylic acids is 1. The molecule has 3 nitrogen and oxygen atoms in total. The van der Waals surface area contributed by atoms with Crippen molar-refractivity contribution in [3.63, 3.8) is 0 Å². The van der Waals surface area contributed by atoms with Crippen LogP contribution in [0.15, 0.2) is 18.2 Å². The first-order valence-corrected chi connectivity index (χ1v) is 6.17. The molecule has 0 bridgehead atoms. The molecule has 1 aromatic carbocycles. The molecule has 0 spiro atoms. The van der Waals surface area contributed by atoms with Crippen LogP contribution in [0.1, 0.15) is 29.7 Å². The van der Waals surface area contributed by atoms with Crippen LogP contribution in [0.3, 0.4) is 0 Å². The van der Waals surface area contributed by atoms with Crippen molar-refractivity contribution < 1.29 is 4.79 Å². The standard InChI is InChI=1S/C14H20N2O/c1-9-5-4-6-13(10(9)2)11(3)16-14(17)12-7-15-8-12/h4-6,11-12,15H,7-8H2,1-3H3,(H,16,17). The molecule has 1 aliphatic heterocycles. The maximum absolute atomic E-state index is 11.9. The molecule has 1 unspecified atom stereocenters. The summed E-state index contributed by atoms with van der Waals surface area (Å²) in [4.78, 5) is 11.9. The Morgan fingerprint density at radius 1 is 1.41 bits per heavy atom. The lowest BCUT2D eigenvalue weighted by Crippen LogP contribution is -2.51. The lowest BCUT2D eigenvalue weighted by atomic mass is 9.97. The first kappa shape index (κ1) is 12.1. The van der Waals surface area contributed by atoms with Gasteiger partial charge >= 0.3 is 0 Å². The maximum Gasteiger partial charge on any atom is 0.226 e. The predicted molar refractivity (Wildman–Crippen MR) is 68.8 cm³/mol. The van der Waals surface area contributed by atoms with E-state index in [0.717, 1.165) is 13.1 Å². The minimum absolute atomic E-state index is 0.0861. The van der Waals surface area contributed by atoms with Gasteiger partial charge in [0.2, 0.25) is 5.91 Å². The third-order valence-corrected chi connectivity index (χ3v) is 3.62. The van der Waals surface area contributed by atoms with E-state index in [1.807, 2.05) is 13.0 Å². The molecule has 0 aliphatic carbocycles. The number of benzene rings is 1. The quantitative estimate of drug-likeness (QED) is 0.833. The Hall–Kier alpha value is -1.35. The summed E-state index contributed by atoms with van der Waals surface area (Å²) in [7, 11) is 0. The first-order valence-electron chi connectivity index (χ1n) is 6.17. The average Bonchev–Trinajstić information content (AvgIpc) is 2.19. The Morgan fingerprint density at radius 2 is 2.12 bits per heavy atom. The molecule has 1 fully saturated rings. The Balaban J connectivity index is 2.06. The van der Waals surface area contributed by atoms with E-state index in [1.165, 1.54) is 16.7 Å². The highest BCUT2D eigenvalue weighted by Gasteiger charge is 2.26. The number of hydrogen-bond acceptors (Lipinski definition) is 2. The first-order chi connectivity index (χ1) is 8.09. The Labute approximate surface area is 103 Å². The molecular formula is C14H20N2O. The summed E-state index contributed by atoms with van der Waals surface area (Å²) in [5.74, 6) is 0.319. The van der Waals surface area contributed by atoms with E-state index < -0.39 is 0 Å². The zero-order chi connectivity index (χ0) is 12.4. The number of carbonyl (C=O) groups is 1. The Morgan fingerprint density at radius 3 is 2.71 bits per heavy atom. The summed E-state index contributed by atoms with van der Waals surface area (Å²) in [6.45, 7) is 7.88. The summed E-state index contributed by atoms with van der Waals surface area (Å²) >= 11 is 0. The van der Waals surface area contributed by atoms with Crippen LogP contribution in [0.5, 0.6) is 0 Å². The van der Waals surface area contributed by atoms with Gasteiger partial charge in [0.15, 0.2) is 0 Å². The molecule has 2 rings (SSSR count). The maximum atomic E-state index is 11.9. The van der Waals surface area contributed by atoms with Crippen LogP contribution in [-0.4, -0.2) is 19.0 Å². The van der Waals surface area contributed by atoms with Gasteiger partial charge in [-0.2, -0.15) is 0 Å².